The average Bonchev–Trinajstić information content (AvgIpc) is 2.59. The molecular weight excluding hydrogens is 240 g/mol. The summed E-state index contributed by atoms with van der Waals surface area (Å²) < 4.78 is 1.64. The third-order valence-electron chi connectivity index (χ3n) is 2.31. The van der Waals surface area contributed by atoms with Gasteiger partial charge in [0.15, 0.2) is 5.69 Å². The van der Waals surface area contributed by atoms with E-state index >= 15 is 0 Å². The van der Waals surface area contributed by atoms with Crippen LogP contribution in [-0.4, -0.2) is 20.7 Å². The molecule has 0 aromatic carbocycles. The molecule has 0 spiro atoms. The van der Waals surface area contributed by atoms with E-state index in [-0.39, 0.29) is 5.91 Å². The van der Waals surface area contributed by atoms with Crippen LogP contribution >= 0.6 is 11.6 Å². The standard InChI is InChI=1S/C11H11ClN4O/c1-7-5-9(15-16(7)2)11(17)14-10-6-8(12)3-4-13-10/h3-6H,1-2H3,(H,13,14,17). The number of halogens is 1. The smallest absolute Gasteiger partial charge is 0.277 e. The Labute approximate surface area is 103 Å². The van der Waals surface area contributed by atoms with Crippen molar-refractivity contribution < 1.29 is 4.79 Å². The molecule has 0 fully saturated rings. The molecule has 0 saturated carbocycles. The highest BCUT2D eigenvalue weighted by Crippen LogP contribution is 2.12. The molecule has 0 saturated heterocycles. The van der Waals surface area contributed by atoms with Gasteiger partial charge in [-0.1, -0.05) is 11.6 Å². The van der Waals surface area contributed by atoms with Gasteiger partial charge < -0.3 is 5.32 Å². The van der Waals surface area contributed by atoms with Crippen molar-refractivity contribution in [2.45, 2.75) is 6.92 Å². The first-order valence-electron chi connectivity index (χ1n) is 5.00. The second kappa shape index (κ2) is 4.55. The van der Waals surface area contributed by atoms with Gasteiger partial charge in [-0.25, -0.2) is 4.98 Å². The van der Waals surface area contributed by atoms with E-state index in [0.29, 0.717) is 16.5 Å². The zero-order valence-electron chi connectivity index (χ0n) is 9.44. The second-order valence-corrected chi connectivity index (χ2v) is 4.04. The molecule has 0 unspecified atom stereocenters. The Hall–Kier alpha value is -1.88. The number of pyridine rings is 1. The highest BCUT2D eigenvalue weighted by molar-refractivity contribution is 6.30. The predicted molar refractivity (Wildman–Crippen MR) is 65.1 cm³/mol. The lowest BCUT2D eigenvalue weighted by atomic mass is 10.3. The third-order valence-corrected chi connectivity index (χ3v) is 2.55. The molecule has 5 nitrogen and oxygen atoms in total. The first-order chi connectivity index (χ1) is 8.06. The summed E-state index contributed by atoms with van der Waals surface area (Å²) in [5, 5.41) is 7.22. The molecule has 1 amide bonds. The number of aryl methyl sites for hydroxylation is 2. The number of nitrogens with one attached hydrogen (secondary N) is 1. The van der Waals surface area contributed by atoms with Gasteiger partial charge in [-0.15, -0.1) is 0 Å². The number of carbonyl (C=O) groups excluding carboxylic acids is 1. The van der Waals surface area contributed by atoms with Crippen LogP contribution in [0.1, 0.15) is 16.2 Å². The summed E-state index contributed by atoms with van der Waals surface area (Å²) in [5.74, 6) is 0.106. The van der Waals surface area contributed by atoms with Crippen LogP contribution in [0.2, 0.25) is 5.02 Å². The summed E-state index contributed by atoms with van der Waals surface area (Å²) in [5.41, 5.74) is 1.26. The van der Waals surface area contributed by atoms with E-state index in [2.05, 4.69) is 15.4 Å². The Balaban J connectivity index is 2.17. The van der Waals surface area contributed by atoms with E-state index in [1.807, 2.05) is 6.92 Å². The van der Waals surface area contributed by atoms with Crippen molar-refractivity contribution in [1.82, 2.24) is 14.8 Å². The van der Waals surface area contributed by atoms with Gasteiger partial charge in [-0.3, -0.25) is 9.48 Å². The summed E-state index contributed by atoms with van der Waals surface area (Å²) in [6, 6.07) is 4.93. The largest absolute Gasteiger partial charge is 0.305 e. The lowest BCUT2D eigenvalue weighted by Gasteiger charge is -2.01. The van der Waals surface area contributed by atoms with Crippen LogP contribution in [0.5, 0.6) is 0 Å². The van der Waals surface area contributed by atoms with Crippen molar-refractivity contribution in [3.05, 3.63) is 40.8 Å². The van der Waals surface area contributed by atoms with Crippen molar-refractivity contribution >= 4 is 23.3 Å². The molecule has 2 aromatic heterocycles. The Kier molecular flexibility index (Phi) is 3.10. The number of rotatable bonds is 2. The van der Waals surface area contributed by atoms with Crippen LogP contribution in [0.25, 0.3) is 0 Å². The van der Waals surface area contributed by atoms with Crippen molar-refractivity contribution in [2.75, 3.05) is 5.32 Å². The first kappa shape index (κ1) is 11.6. The fourth-order valence-electron chi connectivity index (χ4n) is 1.33. The Morgan fingerprint density at radius 1 is 1.47 bits per heavy atom. The molecular formula is C11H11ClN4O. The molecule has 0 bridgehead atoms. The van der Waals surface area contributed by atoms with Crippen LogP contribution in [0.4, 0.5) is 5.82 Å². The van der Waals surface area contributed by atoms with E-state index in [9.17, 15) is 4.79 Å². The van der Waals surface area contributed by atoms with Crippen LogP contribution in [0.3, 0.4) is 0 Å². The number of amides is 1. The van der Waals surface area contributed by atoms with Gasteiger partial charge in [0.25, 0.3) is 5.91 Å². The number of nitrogens with zero attached hydrogens (tertiary/aromatic N) is 3. The van der Waals surface area contributed by atoms with E-state index in [4.69, 9.17) is 11.6 Å². The first-order valence-corrected chi connectivity index (χ1v) is 5.37. The molecule has 0 aliphatic rings. The quantitative estimate of drug-likeness (QED) is 0.887. The molecule has 0 atom stereocenters. The fourth-order valence-corrected chi connectivity index (χ4v) is 1.48. The number of carbonyl (C=O) groups is 1. The zero-order chi connectivity index (χ0) is 12.4. The van der Waals surface area contributed by atoms with Crippen LogP contribution < -0.4 is 5.32 Å². The highest BCUT2D eigenvalue weighted by atomic mass is 35.5. The van der Waals surface area contributed by atoms with Gasteiger partial charge in [-0.05, 0) is 25.1 Å². The second-order valence-electron chi connectivity index (χ2n) is 3.61. The number of anilines is 1. The van der Waals surface area contributed by atoms with Gasteiger partial charge in [0, 0.05) is 24.0 Å². The number of aromatic nitrogens is 3. The van der Waals surface area contributed by atoms with Crippen molar-refractivity contribution in [3.63, 3.8) is 0 Å². The van der Waals surface area contributed by atoms with Gasteiger partial charge in [0.1, 0.15) is 5.82 Å². The lowest BCUT2D eigenvalue weighted by Crippen LogP contribution is -2.13. The Morgan fingerprint density at radius 2 is 2.24 bits per heavy atom. The lowest BCUT2D eigenvalue weighted by molar-refractivity contribution is 0.102. The van der Waals surface area contributed by atoms with Gasteiger partial charge in [0.05, 0.1) is 0 Å². The van der Waals surface area contributed by atoms with Gasteiger partial charge >= 0.3 is 0 Å². The molecule has 0 aliphatic carbocycles. The topological polar surface area (TPSA) is 59.8 Å². The van der Waals surface area contributed by atoms with E-state index < -0.39 is 0 Å². The minimum Gasteiger partial charge on any atom is -0.305 e. The molecule has 0 aliphatic heterocycles. The fraction of sp³-hybridized carbons (Fsp3) is 0.182. The monoisotopic (exact) mass is 250 g/mol. The van der Waals surface area contributed by atoms with Gasteiger partial charge in [0.2, 0.25) is 0 Å². The minimum atomic E-state index is -0.302. The molecule has 2 heterocycles. The molecule has 0 radical (unpaired) electrons. The van der Waals surface area contributed by atoms with Crippen molar-refractivity contribution in [1.29, 1.82) is 0 Å². The number of hydrogen-bond donors (Lipinski definition) is 1. The summed E-state index contributed by atoms with van der Waals surface area (Å²) in [6.07, 6.45) is 1.53. The maximum absolute atomic E-state index is 11.8. The van der Waals surface area contributed by atoms with Crippen molar-refractivity contribution in [3.8, 4) is 0 Å². The number of hydrogen-bond acceptors (Lipinski definition) is 3. The SMILES string of the molecule is Cc1cc(C(=O)Nc2cc(Cl)ccn2)nn1C. The summed E-state index contributed by atoms with van der Waals surface area (Å²) in [6.45, 7) is 1.88. The third kappa shape index (κ3) is 2.62. The molecule has 1 N–H and O–H groups in total. The molecule has 88 valence electrons. The van der Waals surface area contributed by atoms with Crippen molar-refractivity contribution in [2.24, 2.45) is 7.05 Å². The van der Waals surface area contributed by atoms with E-state index in [0.717, 1.165) is 5.69 Å². The molecule has 6 heteroatoms. The maximum Gasteiger partial charge on any atom is 0.277 e. The Bertz CT molecular complexity index is 545. The van der Waals surface area contributed by atoms with Gasteiger partial charge in [-0.2, -0.15) is 5.10 Å². The van der Waals surface area contributed by atoms with Crippen LogP contribution in [0, 0.1) is 6.92 Å². The maximum atomic E-state index is 11.8. The minimum absolute atomic E-state index is 0.302. The summed E-state index contributed by atoms with van der Waals surface area (Å²) in [7, 11) is 1.78. The summed E-state index contributed by atoms with van der Waals surface area (Å²) >= 11 is 5.79. The molecule has 2 rings (SSSR count). The molecule has 2 aromatic rings. The van der Waals surface area contributed by atoms with Crippen LogP contribution in [-0.2, 0) is 7.05 Å². The van der Waals surface area contributed by atoms with E-state index in [1.54, 1.807) is 29.9 Å². The zero-order valence-corrected chi connectivity index (χ0v) is 10.2. The van der Waals surface area contributed by atoms with E-state index in [1.165, 1.54) is 6.20 Å². The highest BCUT2D eigenvalue weighted by Gasteiger charge is 2.11. The Morgan fingerprint density at radius 3 is 2.82 bits per heavy atom. The normalized spacial score (nSPS) is 10.3. The van der Waals surface area contributed by atoms with Crippen LogP contribution in [0.15, 0.2) is 24.4 Å². The molecule has 17 heavy (non-hydrogen) atoms. The summed E-state index contributed by atoms with van der Waals surface area (Å²) in [4.78, 5) is 15.8. The average molecular weight is 251 g/mol. The predicted octanol–water partition coefficient (Wildman–Crippen LogP) is 2.03.